The molecule has 0 radical (unpaired) electrons. The Hall–Kier alpha value is -4.31. The Morgan fingerprint density at radius 3 is 2.31 bits per heavy atom. The minimum atomic E-state index is -1.20. The van der Waals surface area contributed by atoms with Crippen LogP contribution in [0.5, 0.6) is 0 Å². The second kappa shape index (κ2) is 11.0. The molecular weight excluding hydrogens is 465 g/mol. The van der Waals surface area contributed by atoms with Gasteiger partial charge in [0, 0.05) is 31.9 Å². The molecule has 0 bridgehead atoms. The number of hydrogen-bond donors (Lipinski definition) is 3. The van der Waals surface area contributed by atoms with Crippen LogP contribution in [0.2, 0.25) is 0 Å². The molecule has 1 aromatic heterocycles. The van der Waals surface area contributed by atoms with E-state index in [0.717, 1.165) is 11.3 Å². The number of nitrogens with one attached hydrogen (secondary N) is 2. The number of amides is 2. The second-order valence-corrected chi connectivity index (χ2v) is 8.51. The van der Waals surface area contributed by atoms with Gasteiger partial charge < -0.3 is 20.6 Å². The third kappa shape index (κ3) is 6.02. The smallest absolute Gasteiger partial charge is 0.339 e. The highest BCUT2D eigenvalue weighted by molar-refractivity contribution is 6.05. The van der Waals surface area contributed by atoms with Gasteiger partial charge in [-0.2, -0.15) is 0 Å². The molecule has 1 aliphatic rings. The number of rotatable bonds is 7. The molecule has 2 aromatic carbocycles. The van der Waals surface area contributed by atoms with Gasteiger partial charge in [0.05, 0.1) is 24.0 Å². The van der Waals surface area contributed by atoms with Crippen molar-refractivity contribution >= 4 is 35.0 Å². The van der Waals surface area contributed by atoms with E-state index in [1.165, 1.54) is 36.5 Å². The van der Waals surface area contributed by atoms with Crippen molar-refractivity contribution in [1.29, 1.82) is 0 Å². The van der Waals surface area contributed by atoms with Gasteiger partial charge in [-0.25, -0.2) is 14.2 Å². The lowest BCUT2D eigenvalue weighted by molar-refractivity contribution is -0.117. The summed E-state index contributed by atoms with van der Waals surface area (Å²) in [5, 5.41) is 15.1. The topological polar surface area (TPSA) is 115 Å². The molecule has 9 nitrogen and oxygen atoms in total. The highest BCUT2D eigenvalue weighted by atomic mass is 19.1. The predicted molar refractivity (Wildman–Crippen MR) is 134 cm³/mol. The average molecular weight is 492 g/mol. The first kappa shape index (κ1) is 24.8. The maximum absolute atomic E-state index is 13.9. The molecule has 0 atom stereocenters. The molecule has 186 valence electrons. The lowest BCUT2D eigenvalue weighted by Gasteiger charge is -2.35. The van der Waals surface area contributed by atoms with Crippen LogP contribution in [0.4, 0.5) is 21.6 Å². The molecule has 1 aliphatic heterocycles. The number of halogens is 1. The Bertz CT molecular complexity index is 1270. The Morgan fingerprint density at radius 2 is 1.64 bits per heavy atom. The summed E-state index contributed by atoms with van der Waals surface area (Å²) in [5.41, 5.74) is 1.77. The van der Waals surface area contributed by atoms with Crippen LogP contribution in [0.1, 0.15) is 26.3 Å². The number of aromatic nitrogens is 1. The van der Waals surface area contributed by atoms with Crippen LogP contribution < -0.4 is 15.5 Å². The van der Waals surface area contributed by atoms with E-state index in [-0.39, 0.29) is 35.1 Å². The van der Waals surface area contributed by atoms with Gasteiger partial charge in [0.1, 0.15) is 17.2 Å². The summed E-state index contributed by atoms with van der Waals surface area (Å²) >= 11 is 0. The number of carboxylic acids is 1. The number of aryl methyl sites for hydroxylation is 1. The van der Waals surface area contributed by atoms with Crippen LogP contribution in [0.15, 0.2) is 60.8 Å². The molecule has 36 heavy (non-hydrogen) atoms. The average Bonchev–Trinajstić information content (AvgIpc) is 2.86. The lowest BCUT2D eigenvalue weighted by atomic mass is 10.1. The molecule has 1 saturated heterocycles. The molecule has 2 amide bonds. The first-order valence-electron chi connectivity index (χ1n) is 11.4. The first-order valence-corrected chi connectivity index (χ1v) is 11.4. The lowest BCUT2D eigenvalue weighted by Crippen LogP contribution is -2.49. The van der Waals surface area contributed by atoms with E-state index < -0.39 is 17.7 Å². The fraction of sp³-hybridized carbons (Fsp3) is 0.231. The van der Waals surface area contributed by atoms with Crippen molar-refractivity contribution in [2.45, 2.75) is 6.92 Å². The second-order valence-electron chi connectivity index (χ2n) is 8.51. The first-order chi connectivity index (χ1) is 17.3. The fourth-order valence-corrected chi connectivity index (χ4v) is 3.94. The Morgan fingerprint density at radius 1 is 0.944 bits per heavy atom. The molecule has 1 fully saturated rings. The molecule has 0 saturated carbocycles. The number of carbonyl (C=O) groups excluding carboxylic acids is 2. The van der Waals surface area contributed by atoms with Crippen molar-refractivity contribution in [3.8, 4) is 0 Å². The summed E-state index contributed by atoms with van der Waals surface area (Å²) in [6.45, 7) is 4.26. The molecule has 2 heterocycles. The number of carbonyl (C=O) groups is 3. The molecular formula is C26H26FN5O4. The molecule has 3 aromatic rings. The predicted octanol–water partition coefficient (Wildman–Crippen LogP) is 3.24. The van der Waals surface area contributed by atoms with Gasteiger partial charge in [0.2, 0.25) is 5.91 Å². The minimum absolute atomic E-state index is 0.0769. The summed E-state index contributed by atoms with van der Waals surface area (Å²) in [6, 6.07) is 14.4. The maximum Gasteiger partial charge on any atom is 0.339 e. The summed E-state index contributed by atoms with van der Waals surface area (Å²) < 4.78 is 13.9. The van der Waals surface area contributed by atoms with Crippen molar-refractivity contribution in [3.05, 3.63) is 83.3 Å². The molecule has 0 aliphatic carbocycles. The monoisotopic (exact) mass is 491 g/mol. The van der Waals surface area contributed by atoms with Gasteiger partial charge in [0.15, 0.2) is 0 Å². The number of aromatic carboxylic acids is 1. The normalized spacial score (nSPS) is 13.8. The maximum atomic E-state index is 13.9. The number of anilines is 3. The van der Waals surface area contributed by atoms with Gasteiger partial charge in [-0.1, -0.05) is 29.8 Å². The fourth-order valence-electron chi connectivity index (χ4n) is 3.94. The number of benzene rings is 2. The third-order valence-electron chi connectivity index (χ3n) is 5.85. The highest BCUT2D eigenvalue weighted by Gasteiger charge is 2.24. The zero-order valence-electron chi connectivity index (χ0n) is 19.7. The van der Waals surface area contributed by atoms with E-state index in [0.29, 0.717) is 26.2 Å². The van der Waals surface area contributed by atoms with E-state index in [9.17, 15) is 23.9 Å². The van der Waals surface area contributed by atoms with Crippen molar-refractivity contribution in [3.63, 3.8) is 0 Å². The summed E-state index contributed by atoms with van der Waals surface area (Å²) in [5.74, 6) is -2.42. The quantitative estimate of drug-likeness (QED) is 0.465. The standard InChI is InChI=1S/C26H26FN5O4/c1-17-6-8-18(9-7-17)29-23(33)16-31-10-12-32(13-11-31)24-21(26(35)36)14-19(15-28-24)30-25(34)20-4-2-3-5-22(20)27/h2-9,14-15H,10-13,16H2,1H3,(H,29,33)(H,30,34)(H,35,36). The molecule has 10 heteroatoms. The zero-order valence-corrected chi connectivity index (χ0v) is 19.7. The summed E-state index contributed by atoms with van der Waals surface area (Å²) in [6.07, 6.45) is 1.35. The van der Waals surface area contributed by atoms with E-state index >= 15 is 0 Å². The van der Waals surface area contributed by atoms with E-state index in [2.05, 4.69) is 15.6 Å². The molecule has 0 unspecified atom stereocenters. The zero-order chi connectivity index (χ0) is 25.7. The number of pyridine rings is 1. The highest BCUT2D eigenvalue weighted by Crippen LogP contribution is 2.23. The largest absolute Gasteiger partial charge is 0.478 e. The number of nitrogens with zero attached hydrogens (tertiary/aromatic N) is 3. The van der Waals surface area contributed by atoms with Crippen LogP contribution in [0, 0.1) is 12.7 Å². The van der Waals surface area contributed by atoms with Crippen molar-refractivity contribution in [2.24, 2.45) is 0 Å². The number of carboxylic acid groups (broad SMARTS) is 1. The number of hydrogen-bond acceptors (Lipinski definition) is 6. The summed E-state index contributed by atoms with van der Waals surface area (Å²) in [7, 11) is 0. The van der Waals surface area contributed by atoms with Crippen LogP contribution in [-0.4, -0.2) is 65.5 Å². The minimum Gasteiger partial charge on any atom is -0.478 e. The third-order valence-corrected chi connectivity index (χ3v) is 5.85. The molecule has 0 spiro atoms. The van der Waals surface area contributed by atoms with Gasteiger partial charge in [-0.15, -0.1) is 0 Å². The van der Waals surface area contributed by atoms with E-state index in [1.807, 2.05) is 41.0 Å². The van der Waals surface area contributed by atoms with Crippen molar-refractivity contribution < 1.29 is 23.9 Å². The Balaban J connectivity index is 1.37. The Labute approximate surface area is 207 Å². The van der Waals surface area contributed by atoms with Crippen LogP contribution >= 0.6 is 0 Å². The van der Waals surface area contributed by atoms with Crippen LogP contribution in [0.25, 0.3) is 0 Å². The van der Waals surface area contributed by atoms with Gasteiger partial charge in [-0.05, 0) is 37.3 Å². The summed E-state index contributed by atoms with van der Waals surface area (Å²) in [4.78, 5) is 44.8. The van der Waals surface area contributed by atoms with Crippen LogP contribution in [0.3, 0.4) is 0 Å². The van der Waals surface area contributed by atoms with Gasteiger partial charge in [0.25, 0.3) is 5.91 Å². The van der Waals surface area contributed by atoms with Gasteiger partial charge in [-0.3, -0.25) is 14.5 Å². The van der Waals surface area contributed by atoms with Crippen molar-refractivity contribution in [2.75, 3.05) is 48.3 Å². The van der Waals surface area contributed by atoms with Crippen molar-refractivity contribution in [1.82, 2.24) is 9.88 Å². The molecule has 4 rings (SSSR count). The SMILES string of the molecule is Cc1ccc(NC(=O)CN2CCN(c3ncc(NC(=O)c4ccccc4F)cc3C(=O)O)CC2)cc1. The molecule has 3 N–H and O–H groups in total. The van der Waals surface area contributed by atoms with E-state index in [4.69, 9.17) is 0 Å². The van der Waals surface area contributed by atoms with Crippen LogP contribution in [-0.2, 0) is 4.79 Å². The number of piperazine rings is 1. The Kier molecular flexibility index (Phi) is 7.55. The van der Waals surface area contributed by atoms with Gasteiger partial charge >= 0.3 is 5.97 Å². The van der Waals surface area contributed by atoms with E-state index in [1.54, 1.807) is 0 Å².